The van der Waals surface area contributed by atoms with Crippen LogP contribution in [0.25, 0.3) is 0 Å². The van der Waals surface area contributed by atoms with Gasteiger partial charge in [-0.25, -0.2) is 4.79 Å². The van der Waals surface area contributed by atoms with Crippen LogP contribution in [-0.4, -0.2) is 28.8 Å². The molecule has 10 heteroatoms. The number of rotatable bonds is 4. The summed E-state index contributed by atoms with van der Waals surface area (Å²) in [5, 5.41) is 2.97. The fourth-order valence-corrected chi connectivity index (χ4v) is 3.47. The van der Waals surface area contributed by atoms with Crippen molar-refractivity contribution in [2.24, 2.45) is 0 Å². The molecule has 0 atom stereocenters. The van der Waals surface area contributed by atoms with Crippen molar-refractivity contribution in [2.75, 3.05) is 16.9 Å². The molecule has 0 saturated heterocycles. The molecule has 2 aromatic rings. The molecule has 1 aromatic carbocycles. The second-order valence-electron chi connectivity index (χ2n) is 5.51. The molecule has 0 aliphatic carbocycles. The standard InChI is InChI=1S/C15H18N4O5S/c1-3-17-13-12(14(20)18(4-2)15(17)21)16-9-19(13)10-6-5-7-11(8-10)25(22,23)24/h5-8,16H,3-4,9H2,1-2H3,(H,22,23,24). The van der Waals surface area contributed by atoms with Crippen LogP contribution in [0.5, 0.6) is 0 Å². The van der Waals surface area contributed by atoms with Crippen molar-refractivity contribution < 1.29 is 13.0 Å². The number of hydrogen-bond acceptors (Lipinski definition) is 6. The summed E-state index contributed by atoms with van der Waals surface area (Å²) in [4.78, 5) is 26.4. The summed E-state index contributed by atoms with van der Waals surface area (Å²) in [7, 11) is -4.36. The smallest absolute Gasteiger partial charge is 0.332 e. The van der Waals surface area contributed by atoms with Gasteiger partial charge >= 0.3 is 5.69 Å². The van der Waals surface area contributed by atoms with E-state index in [2.05, 4.69) is 5.32 Å². The highest BCUT2D eigenvalue weighted by Gasteiger charge is 2.29. The third-order valence-electron chi connectivity index (χ3n) is 4.13. The molecular weight excluding hydrogens is 348 g/mol. The van der Waals surface area contributed by atoms with Gasteiger partial charge < -0.3 is 10.2 Å². The van der Waals surface area contributed by atoms with Crippen LogP contribution in [-0.2, 0) is 23.2 Å². The summed E-state index contributed by atoms with van der Waals surface area (Å²) in [5.74, 6) is 0.384. The van der Waals surface area contributed by atoms with Crippen LogP contribution >= 0.6 is 0 Å². The van der Waals surface area contributed by atoms with Gasteiger partial charge in [0.2, 0.25) is 0 Å². The molecule has 2 heterocycles. The molecule has 1 aliphatic rings. The minimum atomic E-state index is -4.36. The van der Waals surface area contributed by atoms with Crippen LogP contribution in [0, 0.1) is 0 Å². The normalized spacial score (nSPS) is 13.6. The van der Waals surface area contributed by atoms with Gasteiger partial charge in [0.1, 0.15) is 11.5 Å². The minimum absolute atomic E-state index is 0.201. The minimum Gasteiger partial charge on any atom is -0.360 e. The highest BCUT2D eigenvalue weighted by atomic mass is 32.2. The van der Waals surface area contributed by atoms with Gasteiger partial charge in [-0.1, -0.05) is 6.07 Å². The van der Waals surface area contributed by atoms with E-state index in [4.69, 9.17) is 0 Å². The summed E-state index contributed by atoms with van der Waals surface area (Å²) in [6.45, 7) is 4.31. The maximum atomic E-state index is 12.6. The Labute approximate surface area is 143 Å². The Hall–Kier alpha value is -2.59. The molecule has 134 valence electrons. The molecule has 0 spiro atoms. The zero-order valence-corrected chi connectivity index (χ0v) is 14.6. The van der Waals surface area contributed by atoms with Crippen molar-refractivity contribution >= 4 is 27.3 Å². The van der Waals surface area contributed by atoms with E-state index in [1.807, 2.05) is 0 Å². The van der Waals surface area contributed by atoms with E-state index in [1.54, 1.807) is 24.8 Å². The van der Waals surface area contributed by atoms with Crippen molar-refractivity contribution in [3.63, 3.8) is 0 Å². The lowest BCUT2D eigenvalue weighted by atomic mass is 10.3. The number of nitrogens with one attached hydrogen (secondary N) is 1. The maximum Gasteiger partial charge on any atom is 0.332 e. The molecule has 0 radical (unpaired) electrons. The Morgan fingerprint density at radius 1 is 1.16 bits per heavy atom. The van der Waals surface area contributed by atoms with Gasteiger partial charge in [-0.3, -0.25) is 18.5 Å². The summed E-state index contributed by atoms with van der Waals surface area (Å²) in [6.07, 6.45) is 0. The average Bonchev–Trinajstić information content (AvgIpc) is 3.00. The average molecular weight is 366 g/mol. The first kappa shape index (κ1) is 17.2. The molecule has 0 unspecified atom stereocenters. The maximum absolute atomic E-state index is 12.6. The third kappa shape index (κ3) is 2.72. The van der Waals surface area contributed by atoms with Crippen molar-refractivity contribution in [3.05, 3.63) is 45.1 Å². The number of anilines is 3. The zero-order chi connectivity index (χ0) is 18.4. The zero-order valence-electron chi connectivity index (χ0n) is 13.8. The van der Waals surface area contributed by atoms with E-state index in [-0.39, 0.29) is 18.1 Å². The summed E-state index contributed by atoms with van der Waals surface area (Å²) in [6, 6.07) is 5.69. The lowest BCUT2D eigenvalue weighted by Crippen LogP contribution is -2.40. The summed E-state index contributed by atoms with van der Waals surface area (Å²) in [5.41, 5.74) is -0.105. The molecule has 9 nitrogen and oxygen atoms in total. The molecule has 2 N–H and O–H groups in total. The van der Waals surface area contributed by atoms with E-state index >= 15 is 0 Å². The monoisotopic (exact) mass is 366 g/mol. The Balaban J connectivity index is 2.24. The molecule has 1 aliphatic heterocycles. The predicted molar refractivity (Wildman–Crippen MR) is 93.2 cm³/mol. The SMILES string of the molecule is CCn1c2c(c(=O)n(CC)c1=O)NCN2c1cccc(S(=O)(=O)O)c1. The second kappa shape index (κ2) is 6.05. The summed E-state index contributed by atoms with van der Waals surface area (Å²) >= 11 is 0. The predicted octanol–water partition coefficient (Wildman–Crippen LogP) is 0.818. The molecule has 0 saturated carbocycles. The highest BCUT2D eigenvalue weighted by Crippen LogP contribution is 2.34. The van der Waals surface area contributed by atoms with Gasteiger partial charge in [0.25, 0.3) is 15.7 Å². The first-order valence-electron chi connectivity index (χ1n) is 7.76. The van der Waals surface area contributed by atoms with E-state index in [9.17, 15) is 22.6 Å². The van der Waals surface area contributed by atoms with E-state index in [1.165, 1.54) is 22.8 Å². The van der Waals surface area contributed by atoms with E-state index in [0.717, 1.165) is 4.57 Å². The van der Waals surface area contributed by atoms with Crippen LogP contribution in [0.4, 0.5) is 17.2 Å². The van der Waals surface area contributed by atoms with Crippen molar-refractivity contribution in [3.8, 4) is 0 Å². The second-order valence-corrected chi connectivity index (χ2v) is 6.93. The van der Waals surface area contributed by atoms with Crippen LogP contribution in [0.15, 0.2) is 38.8 Å². The van der Waals surface area contributed by atoms with Crippen molar-refractivity contribution in [1.82, 2.24) is 9.13 Å². The van der Waals surface area contributed by atoms with Crippen LogP contribution in [0.2, 0.25) is 0 Å². The number of hydrogen-bond donors (Lipinski definition) is 2. The quantitative estimate of drug-likeness (QED) is 0.770. The molecule has 0 bridgehead atoms. The van der Waals surface area contributed by atoms with Crippen molar-refractivity contribution in [2.45, 2.75) is 31.8 Å². The molecular formula is C15H18N4O5S. The molecule has 0 amide bonds. The van der Waals surface area contributed by atoms with Crippen LogP contribution < -0.4 is 21.5 Å². The van der Waals surface area contributed by atoms with Gasteiger partial charge in [-0.2, -0.15) is 8.42 Å². The van der Waals surface area contributed by atoms with Gasteiger partial charge in [0.05, 0.1) is 11.6 Å². The number of aromatic nitrogens is 2. The van der Waals surface area contributed by atoms with E-state index < -0.39 is 21.4 Å². The Bertz CT molecular complexity index is 1050. The molecule has 25 heavy (non-hydrogen) atoms. The Morgan fingerprint density at radius 2 is 1.84 bits per heavy atom. The Kier molecular flexibility index (Phi) is 4.17. The van der Waals surface area contributed by atoms with Crippen LogP contribution in [0.3, 0.4) is 0 Å². The Morgan fingerprint density at radius 3 is 2.44 bits per heavy atom. The topological polar surface area (TPSA) is 114 Å². The molecule has 0 fully saturated rings. The summed E-state index contributed by atoms with van der Waals surface area (Å²) < 4.78 is 34.6. The van der Waals surface area contributed by atoms with Crippen LogP contribution in [0.1, 0.15) is 13.8 Å². The fraction of sp³-hybridized carbons (Fsp3) is 0.333. The highest BCUT2D eigenvalue weighted by molar-refractivity contribution is 7.85. The largest absolute Gasteiger partial charge is 0.360 e. The number of benzene rings is 1. The molecule has 1 aromatic heterocycles. The van der Waals surface area contributed by atoms with Gasteiger partial charge in [-0.15, -0.1) is 0 Å². The third-order valence-corrected chi connectivity index (χ3v) is 4.98. The van der Waals surface area contributed by atoms with Gasteiger partial charge in [0, 0.05) is 18.8 Å². The van der Waals surface area contributed by atoms with Gasteiger partial charge in [0.15, 0.2) is 0 Å². The number of fused-ring (bicyclic) bond motifs is 1. The van der Waals surface area contributed by atoms with Crippen molar-refractivity contribution in [1.29, 1.82) is 0 Å². The lowest BCUT2D eigenvalue weighted by Gasteiger charge is -2.22. The molecule has 3 rings (SSSR count). The fourth-order valence-electron chi connectivity index (χ4n) is 2.95. The first-order chi connectivity index (χ1) is 11.8. The van der Waals surface area contributed by atoms with Gasteiger partial charge in [-0.05, 0) is 32.0 Å². The lowest BCUT2D eigenvalue weighted by molar-refractivity contribution is 0.483. The number of nitrogens with zero attached hydrogens (tertiary/aromatic N) is 3. The van der Waals surface area contributed by atoms with E-state index in [0.29, 0.717) is 23.7 Å². The first-order valence-corrected chi connectivity index (χ1v) is 9.20.